The topological polar surface area (TPSA) is 92.5 Å². The quantitative estimate of drug-likeness (QED) is 0.435. The molecule has 0 spiro atoms. The summed E-state index contributed by atoms with van der Waals surface area (Å²) in [6.45, 7) is 0. The number of nitrogens with zero attached hydrogens (tertiary/aromatic N) is 3. The van der Waals surface area contributed by atoms with Gasteiger partial charge in [0.2, 0.25) is 0 Å². The van der Waals surface area contributed by atoms with Crippen molar-refractivity contribution < 1.29 is 9.18 Å². The summed E-state index contributed by atoms with van der Waals surface area (Å²) in [4.78, 5) is 30.3. The van der Waals surface area contributed by atoms with E-state index in [2.05, 4.69) is 20.9 Å². The third-order valence-electron chi connectivity index (χ3n) is 5.35. The zero-order valence-electron chi connectivity index (χ0n) is 17.3. The first-order valence-corrected chi connectivity index (χ1v) is 10.3. The molecule has 0 aliphatic heterocycles. The summed E-state index contributed by atoms with van der Waals surface area (Å²) in [5, 5.41) is 9.14. The highest BCUT2D eigenvalue weighted by Crippen LogP contribution is 2.24. The van der Waals surface area contributed by atoms with Gasteiger partial charge < -0.3 is 16.0 Å². The number of carbonyl (C=O) groups is 1. The first kappa shape index (κ1) is 19.8. The Bertz CT molecular complexity index is 1370. The van der Waals surface area contributed by atoms with Crippen LogP contribution in [0.15, 0.2) is 65.7 Å². The smallest absolute Gasteiger partial charge is 0.278 e. The summed E-state index contributed by atoms with van der Waals surface area (Å²) < 4.78 is 16.5. The SMILES string of the molecule is CNc1cc(Nc2cccn(-c3ccc(F)cc3)c2=O)nc2c(C(=O)NC3CC3)ccn12. The fraction of sp³-hybridized carbons (Fsp3) is 0.174. The molecule has 0 unspecified atom stereocenters. The maximum Gasteiger partial charge on any atom is 0.278 e. The molecule has 0 saturated heterocycles. The number of fused-ring (bicyclic) bond motifs is 1. The normalized spacial score (nSPS) is 13.2. The van der Waals surface area contributed by atoms with Crippen LogP contribution in [0.25, 0.3) is 11.3 Å². The van der Waals surface area contributed by atoms with E-state index >= 15 is 0 Å². The maximum atomic E-state index is 13.3. The van der Waals surface area contributed by atoms with Gasteiger partial charge in [-0.1, -0.05) is 0 Å². The second-order valence-corrected chi connectivity index (χ2v) is 7.65. The van der Waals surface area contributed by atoms with Crippen molar-refractivity contribution in [2.75, 3.05) is 17.7 Å². The molecular weight excluding hydrogens is 411 g/mol. The molecule has 8 nitrogen and oxygen atoms in total. The number of carbonyl (C=O) groups excluding carboxylic acids is 1. The number of halogens is 1. The molecule has 3 N–H and O–H groups in total. The molecule has 1 aromatic carbocycles. The van der Waals surface area contributed by atoms with Gasteiger partial charge in [-0.05, 0) is 55.3 Å². The van der Waals surface area contributed by atoms with Crippen LogP contribution in [0.5, 0.6) is 0 Å². The first-order valence-electron chi connectivity index (χ1n) is 10.3. The number of nitrogens with one attached hydrogen (secondary N) is 3. The van der Waals surface area contributed by atoms with Crippen LogP contribution in [0, 0.1) is 5.82 Å². The Hall–Kier alpha value is -4.14. The molecule has 0 atom stereocenters. The van der Waals surface area contributed by atoms with Crippen LogP contribution in [0.3, 0.4) is 0 Å². The highest BCUT2D eigenvalue weighted by Gasteiger charge is 2.25. The predicted octanol–water partition coefficient (Wildman–Crippen LogP) is 3.30. The fourth-order valence-corrected chi connectivity index (χ4v) is 3.53. The fourth-order valence-electron chi connectivity index (χ4n) is 3.53. The summed E-state index contributed by atoms with van der Waals surface area (Å²) in [5.74, 6) is 0.578. The lowest BCUT2D eigenvalue weighted by Gasteiger charge is -2.12. The van der Waals surface area contributed by atoms with Crippen LogP contribution in [-0.4, -0.2) is 32.9 Å². The van der Waals surface area contributed by atoms with Gasteiger partial charge in [-0.25, -0.2) is 9.37 Å². The van der Waals surface area contributed by atoms with Gasteiger partial charge in [0.05, 0.1) is 5.56 Å². The zero-order chi connectivity index (χ0) is 22.2. The van der Waals surface area contributed by atoms with Gasteiger partial charge in [0.15, 0.2) is 5.65 Å². The van der Waals surface area contributed by atoms with Gasteiger partial charge in [0.1, 0.15) is 23.1 Å². The van der Waals surface area contributed by atoms with Gasteiger partial charge in [-0.3, -0.25) is 18.6 Å². The standard InChI is InChI=1S/C23H21FN6O2/c1-25-20-13-19(28-21-17(10-12-30(20)21)22(31)26-15-6-7-15)27-18-3-2-11-29(23(18)32)16-8-4-14(24)5-9-16/h2-5,8-13,15,25H,6-7H2,1H3,(H,26,31)(H,27,28). The summed E-state index contributed by atoms with van der Waals surface area (Å²) in [7, 11) is 1.77. The Morgan fingerprint density at radius 1 is 1.12 bits per heavy atom. The number of benzene rings is 1. The van der Waals surface area contributed by atoms with Crippen molar-refractivity contribution in [1.82, 2.24) is 19.3 Å². The number of rotatable bonds is 6. The molecule has 3 heterocycles. The summed E-state index contributed by atoms with van der Waals surface area (Å²) in [5.41, 5.74) is 1.48. The van der Waals surface area contributed by atoms with E-state index in [1.54, 1.807) is 48.1 Å². The van der Waals surface area contributed by atoms with E-state index in [-0.39, 0.29) is 23.3 Å². The monoisotopic (exact) mass is 432 g/mol. The number of aromatic nitrogens is 3. The number of pyridine rings is 1. The van der Waals surface area contributed by atoms with E-state index < -0.39 is 0 Å². The van der Waals surface area contributed by atoms with Crippen LogP contribution in [0.4, 0.5) is 21.7 Å². The Labute approximate surface area is 182 Å². The Balaban J connectivity index is 1.52. The molecule has 5 rings (SSSR count). The van der Waals surface area contributed by atoms with E-state index in [0.717, 1.165) is 12.8 Å². The average molecular weight is 432 g/mol. The Morgan fingerprint density at radius 3 is 2.62 bits per heavy atom. The minimum absolute atomic E-state index is 0.167. The molecule has 0 bridgehead atoms. The largest absolute Gasteiger partial charge is 0.374 e. The second kappa shape index (κ2) is 7.84. The van der Waals surface area contributed by atoms with Crippen molar-refractivity contribution in [2.45, 2.75) is 18.9 Å². The molecule has 1 fully saturated rings. The molecule has 4 aromatic rings. The van der Waals surface area contributed by atoms with Crippen LogP contribution in [0.1, 0.15) is 23.2 Å². The second-order valence-electron chi connectivity index (χ2n) is 7.65. The van der Waals surface area contributed by atoms with E-state index in [0.29, 0.717) is 34.2 Å². The van der Waals surface area contributed by atoms with Crippen LogP contribution in [-0.2, 0) is 0 Å². The van der Waals surface area contributed by atoms with E-state index in [4.69, 9.17) is 0 Å². The lowest BCUT2D eigenvalue weighted by Crippen LogP contribution is -2.25. The molecule has 1 aliphatic rings. The maximum absolute atomic E-state index is 13.3. The van der Waals surface area contributed by atoms with Crippen molar-refractivity contribution in [2.24, 2.45) is 0 Å². The number of anilines is 3. The molecule has 1 amide bonds. The molecule has 9 heteroatoms. The van der Waals surface area contributed by atoms with E-state index in [1.165, 1.54) is 28.8 Å². The van der Waals surface area contributed by atoms with Gasteiger partial charge >= 0.3 is 0 Å². The van der Waals surface area contributed by atoms with Gasteiger partial charge in [-0.2, -0.15) is 0 Å². The number of amides is 1. The third-order valence-corrected chi connectivity index (χ3v) is 5.35. The predicted molar refractivity (Wildman–Crippen MR) is 121 cm³/mol. The zero-order valence-corrected chi connectivity index (χ0v) is 17.3. The molecule has 3 aromatic heterocycles. The van der Waals surface area contributed by atoms with Crippen molar-refractivity contribution in [3.05, 3.63) is 82.7 Å². The minimum atomic E-state index is -0.373. The number of hydrogen-bond donors (Lipinski definition) is 3. The molecule has 162 valence electrons. The van der Waals surface area contributed by atoms with Crippen molar-refractivity contribution in [3.63, 3.8) is 0 Å². The summed E-state index contributed by atoms with van der Waals surface area (Å²) in [6.07, 6.45) is 5.38. The number of hydrogen-bond acceptors (Lipinski definition) is 5. The van der Waals surface area contributed by atoms with Gasteiger partial charge in [0.25, 0.3) is 11.5 Å². The summed E-state index contributed by atoms with van der Waals surface area (Å²) >= 11 is 0. The van der Waals surface area contributed by atoms with E-state index in [1.807, 2.05) is 0 Å². The molecule has 0 radical (unpaired) electrons. The molecule has 1 saturated carbocycles. The first-order chi connectivity index (χ1) is 15.5. The van der Waals surface area contributed by atoms with Crippen LogP contribution < -0.4 is 21.5 Å². The Kier molecular flexibility index (Phi) is 4.85. The Morgan fingerprint density at radius 2 is 1.91 bits per heavy atom. The lowest BCUT2D eigenvalue weighted by atomic mass is 10.3. The van der Waals surface area contributed by atoms with Crippen LogP contribution >= 0.6 is 0 Å². The van der Waals surface area contributed by atoms with E-state index in [9.17, 15) is 14.0 Å². The minimum Gasteiger partial charge on any atom is -0.374 e. The van der Waals surface area contributed by atoms with Crippen LogP contribution in [0.2, 0.25) is 0 Å². The van der Waals surface area contributed by atoms with Gasteiger partial charge in [-0.15, -0.1) is 0 Å². The van der Waals surface area contributed by atoms with Crippen molar-refractivity contribution in [3.8, 4) is 5.69 Å². The highest BCUT2D eigenvalue weighted by atomic mass is 19.1. The molecule has 1 aliphatic carbocycles. The van der Waals surface area contributed by atoms with Gasteiger partial charge in [0, 0.05) is 37.2 Å². The highest BCUT2D eigenvalue weighted by molar-refractivity contribution is 6.01. The van der Waals surface area contributed by atoms with Crippen molar-refractivity contribution >= 4 is 28.9 Å². The molecule has 32 heavy (non-hydrogen) atoms. The summed E-state index contributed by atoms with van der Waals surface area (Å²) in [6, 6.07) is 12.8. The molecular formula is C23H21FN6O2. The van der Waals surface area contributed by atoms with Crippen molar-refractivity contribution in [1.29, 1.82) is 0 Å². The lowest BCUT2D eigenvalue weighted by molar-refractivity contribution is 0.0952. The average Bonchev–Trinajstić information content (AvgIpc) is 3.50. The third kappa shape index (κ3) is 3.68.